The second-order valence-corrected chi connectivity index (χ2v) is 8.44. The van der Waals surface area contributed by atoms with E-state index in [4.69, 9.17) is 9.73 Å². The number of ether oxygens (including phenoxy) is 1. The molecule has 2 saturated heterocycles. The van der Waals surface area contributed by atoms with Gasteiger partial charge in [0.15, 0.2) is 5.96 Å². The van der Waals surface area contributed by atoms with Crippen molar-refractivity contribution in [2.45, 2.75) is 51.1 Å². The van der Waals surface area contributed by atoms with Gasteiger partial charge in [-0.05, 0) is 71.9 Å². The lowest BCUT2D eigenvalue weighted by Crippen LogP contribution is -2.62. The molecule has 7 heteroatoms. The molecule has 3 rings (SSSR count). The third kappa shape index (κ3) is 6.72. The molecular formula is C23H40IN5O. The van der Waals surface area contributed by atoms with Gasteiger partial charge >= 0.3 is 0 Å². The number of aliphatic imine (C=N–C) groups is 1. The maximum absolute atomic E-state index is 5.48. The number of guanidine groups is 1. The Morgan fingerprint density at radius 2 is 1.77 bits per heavy atom. The summed E-state index contributed by atoms with van der Waals surface area (Å²) in [5.41, 5.74) is 1.35. The molecule has 2 aliphatic rings. The van der Waals surface area contributed by atoms with Crippen molar-refractivity contribution in [3.05, 3.63) is 29.8 Å². The Morgan fingerprint density at radius 3 is 2.43 bits per heavy atom. The number of nitrogens with one attached hydrogen (secondary N) is 2. The van der Waals surface area contributed by atoms with Crippen LogP contribution in [0.2, 0.25) is 0 Å². The van der Waals surface area contributed by atoms with Crippen molar-refractivity contribution in [3.8, 4) is 5.75 Å². The van der Waals surface area contributed by atoms with Gasteiger partial charge in [-0.15, -0.1) is 24.0 Å². The van der Waals surface area contributed by atoms with E-state index in [0.29, 0.717) is 6.54 Å². The molecule has 0 unspecified atom stereocenters. The molecule has 1 aromatic carbocycles. The zero-order valence-electron chi connectivity index (χ0n) is 19.0. The number of nitrogens with zero attached hydrogens (tertiary/aromatic N) is 3. The molecule has 6 nitrogen and oxygen atoms in total. The number of hydrogen-bond donors (Lipinski definition) is 2. The van der Waals surface area contributed by atoms with Crippen molar-refractivity contribution in [3.63, 3.8) is 0 Å². The molecule has 1 aromatic rings. The molecule has 0 radical (unpaired) electrons. The molecule has 0 aliphatic carbocycles. The van der Waals surface area contributed by atoms with Crippen LogP contribution < -0.4 is 15.4 Å². The SMILES string of the molecule is CCNC(=NCc1ccccc1OC)NCC1(N2CCCCC2)CCN(C)CC1.I. The van der Waals surface area contributed by atoms with Crippen LogP contribution in [0.1, 0.15) is 44.6 Å². The van der Waals surface area contributed by atoms with Gasteiger partial charge in [0.05, 0.1) is 13.7 Å². The number of piperidine rings is 2. The van der Waals surface area contributed by atoms with Gasteiger partial charge in [-0.1, -0.05) is 24.6 Å². The first-order valence-corrected chi connectivity index (χ1v) is 11.2. The van der Waals surface area contributed by atoms with E-state index in [1.54, 1.807) is 7.11 Å². The molecule has 0 saturated carbocycles. The van der Waals surface area contributed by atoms with Gasteiger partial charge in [0.1, 0.15) is 5.75 Å². The van der Waals surface area contributed by atoms with Gasteiger partial charge in [0, 0.05) is 24.2 Å². The van der Waals surface area contributed by atoms with Crippen molar-refractivity contribution < 1.29 is 4.74 Å². The Bertz CT molecular complexity index is 655. The van der Waals surface area contributed by atoms with Crippen LogP contribution in [0, 0.1) is 0 Å². The van der Waals surface area contributed by atoms with E-state index in [9.17, 15) is 0 Å². The summed E-state index contributed by atoms with van der Waals surface area (Å²) in [6.45, 7) is 9.37. The van der Waals surface area contributed by atoms with Crippen LogP contribution in [0.15, 0.2) is 29.3 Å². The summed E-state index contributed by atoms with van der Waals surface area (Å²) in [5.74, 6) is 1.79. The fourth-order valence-electron chi connectivity index (χ4n) is 4.60. The lowest BCUT2D eigenvalue weighted by atomic mass is 9.84. The van der Waals surface area contributed by atoms with Crippen LogP contribution >= 0.6 is 24.0 Å². The second kappa shape index (κ2) is 12.7. The van der Waals surface area contributed by atoms with E-state index < -0.39 is 0 Å². The van der Waals surface area contributed by atoms with Crippen molar-refractivity contribution in [1.29, 1.82) is 0 Å². The van der Waals surface area contributed by atoms with Crippen molar-refractivity contribution in [2.75, 3.05) is 53.4 Å². The smallest absolute Gasteiger partial charge is 0.191 e. The predicted octanol–water partition coefficient (Wildman–Crippen LogP) is 3.32. The van der Waals surface area contributed by atoms with Crippen LogP contribution in [-0.2, 0) is 6.54 Å². The third-order valence-corrected chi connectivity index (χ3v) is 6.47. The summed E-state index contributed by atoms with van der Waals surface area (Å²) < 4.78 is 5.48. The summed E-state index contributed by atoms with van der Waals surface area (Å²) in [7, 11) is 3.96. The highest BCUT2D eigenvalue weighted by Gasteiger charge is 2.39. The Kier molecular flexibility index (Phi) is 10.7. The van der Waals surface area contributed by atoms with Crippen molar-refractivity contribution >= 4 is 29.9 Å². The number of halogens is 1. The fourth-order valence-corrected chi connectivity index (χ4v) is 4.60. The quantitative estimate of drug-likeness (QED) is 0.323. The number of para-hydroxylation sites is 1. The minimum Gasteiger partial charge on any atom is -0.496 e. The highest BCUT2D eigenvalue weighted by Crippen LogP contribution is 2.30. The first-order chi connectivity index (χ1) is 14.2. The maximum atomic E-state index is 5.48. The molecule has 0 amide bonds. The van der Waals surface area contributed by atoms with Gasteiger partial charge < -0.3 is 20.3 Å². The minimum absolute atomic E-state index is 0. The van der Waals surface area contributed by atoms with Crippen LogP contribution in [0.5, 0.6) is 5.75 Å². The lowest BCUT2D eigenvalue weighted by Gasteiger charge is -2.50. The van der Waals surface area contributed by atoms with E-state index in [1.807, 2.05) is 18.2 Å². The monoisotopic (exact) mass is 529 g/mol. The number of methoxy groups -OCH3 is 1. The van der Waals surface area contributed by atoms with E-state index in [0.717, 1.165) is 30.4 Å². The molecule has 170 valence electrons. The molecule has 30 heavy (non-hydrogen) atoms. The van der Waals surface area contributed by atoms with Crippen LogP contribution in [0.25, 0.3) is 0 Å². The standard InChI is InChI=1S/C23H39N5O.HI/c1-4-24-22(25-18-20-10-6-7-11-21(20)29-3)26-19-23(12-16-27(2)17-13-23)28-14-8-5-9-15-28;/h6-7,10-11H,4-5,8-9,12-19H2,1-3H3,(H2,24,25,26);1H. The molecule has 0 aromatic heterocycles. The average Bonchev–Trinajstić information content (AvgIpc) is 2.78. The maximum Gasteiger partial charge on any atom is 0.191 e. The molecule has 2 N–H and O–H groups in total. The van der Waals surface area contributed by atoms with E-state index in [1.165, 1.54) is 58.3 Å². The summed E-state index contributed by atoms with van der Waals surface area (Å²) >= 11 is 0. The molecule has 0 spiro atoms. The van der Waals surface area contributed by atoms with Crippen LogP contribution in [0.4, 0.5) is 0 Å². The van der Waals surface area contributed by atoms with Gasteiger partial charge in [-0.25, -0.2) is 4.99 Å². The summed E-state index contributed by atoms with van der Waals surface area (Å²) in [6.07, 6.45) is 6.49. The lowest BCUT2D eigenvalue weighted by molar-refractivity contribution is 0.0173. The van der Waals surface area contributed by atoms with E-state index in [2.05, 4.69) is 40.5 Å². The van der Waals surface area contributed by atoms with E-state index >= 15 is 0 Å². The topological polar surface area (TPSA) is 52.1 Å². The fraction of sp³-hybridized carbons (Fsp3) is 0.696. The van der Waals surface area contributed by atoms with Gasteiger partial charge in [0.25, 0.3) is 0 Å². The van der Waals surface area contributed by atoms with Crippen LogP contribution in [-0.4, -0.2) is 74.7 Å². The molecule has 0 atom stereocenters. The number of rotatable bonds is 7. The second-order valence-electron chi connectivity index (χ2n) is 8.44. The zero-order chi connectivity index (χ0) is 20.5. The number of likely N-dealkylation sites (tertiary alicyclic amines) is 2. The predicted molar refractivity (Wildman–Crippen MR) is 136 cm³/mol. The highest BCUT2D eigenvalue weighted by atomic mass is 127. The third-order valence-electron chi connectivity index (χ3n) is 6.47. The molecule has 2 fully saturated rings. The molecule has 2 heterocycles. The largest absolute Gasteiger partial charge is 0.496 e. The average molecular weight is 530 g/mol. The Morgan fingerprint density at radius 1 is 1.07 bits per heavy atom. The summed E-state index contributed by atoms with van der Waals surface area (Å²) in [6, 6.07) is 8.11. The summed E-state index contributed by atoms with van der Waals surface area (Å²) in [4.78, 5) is 10.1. The van der Waals surface area contributed by atoms with Gasteiger partial charge in [0.2, 0.25) is 0 Å². The first kappa shape index (κ1) is 25.2. The highest BCUT2D eigenvalue weighted by molar-refractivity contribution is 14.0. The normalized spacial score (nSPS) is 20.3. The Hall–Kier alpha value is -1.06. The van der Waals surface area contributed by atoms with Crippen molar-refractivity contribution in [2.24, 2.45) is 4.99 Å². The first-order valence-electron chi connectivity index (χ1n) is 11.2. The molecule has 0 bridgehead atoms. The Labute approximate surface area is 199 Å². The van der Waals surface area contributed by atoms with Crippen LogP contribution in [0.3, 0.4) is 0 Å². The number of benzene rings is 1. The molecule has 2 aliphatic heterocycles. The van der Waals surface area contributed by atoms with E-state index in [-0.39, 0.29) is 29.5 Å². The van der Waals surface area contributed by atoms with Gasteiger partial charge in [-0.3, -0.25) is 4.90 Å². The Balaban J connectivity index is 0.00000320. The summed E-state index contributed by atoms with van der Waals surface area (Å²) in [5, 5.41) is 7.12. The minimum atomic E-state index is 0. The zero-order valence-corrected chi connectivity index (χ0v) is 21.3. The molecular weight excluding hydrogens is 489 g/mol. The van der Waals surface area contributed by atoms with Crippen molar-refractivity contribution in [1.82, 2.24) is 20.4 Å². The number of hydrogen-bond acceptors (Lipinski definition) is 4. The van der Waals surface area contributed by atoms with Gasteiger partial charge in [-0.2, -0.15) is 0 Å².